The van der Waals surface area contributed by atoms with Crippen molar-refractivity contribution in [2.24, 2.45) is 5.41 Å². The predicted molar refractivity (Wildman–Crippen MR) is 143 cm³/mol. The first-order chi connectivity index (χ1) is 18.6. The van der Waals surface area contributed by atoms with Crippen molar-refractivity contribution < 1.29 is 28.0 Å². The lowest BCUT2D eigenvalue weighted by molar-refractivity contribution is -0.141. The van der Waals surface area contributed by atoms with Gasteiger partial charge in [-0.3, -0.25) is 10.0 Å². The first-order valence-corrected chi connectivity index (χ1v) is 15.2. The van der Waals surface area contributed by atoms with Gasteiger partial charge in [-0.25, -0.2) is 23.0 Å². The molecule has 3 aliphatic heterocycles. The Hall–Kier alpha value is -2.72. The van der Waals surface area contributed by atoms with E-state index >= 15 is 0 Å². The van der Waals surface area contributed by atoms with E-state index in [4.69, 9.17) is 10.00 Å². The Balaban J connectivity index is 1.35. The molecule has 0 saturated carbocycles. The van der Waals surface area contributed by atoms with E-state index in [-0.39, 0.29) is 37.9 Å². The van der Waals surface area contributed by atoms with E-state index < -0.39 is 33.2 Å². The number of nitrogens with one attached hydrogen (secondary N) is 1. The maximum absolute atomic E-state index is 13.5. The SMILES string of the molecule is Cc1cc(C#N)ccc1C1CCN(S(=O)(=O)CC2(C(=O)NO)CCN(C(=O)OC[C@H]3CCCN3C)CC2)CC1. The first-order valence-electron chi connectivity index (χ1n) is 13.6. The number of piperidine rings is 2. The minimum atomic E-state index is -3.81. The Kier molecular flexibility index (Phi) is 9.16. The number of likely N-dealkylation sites (N-methyl/N-ethyl adjacent to an activating group) is 1. The predicted octanol–water partition coefficient (Wildman–Crippen LogP) is 2.19. The van der Waals surface area contributed by atoms with Gasteiger partial charge in [-0.1, -0.05) is 6.07 Å². The molecule has 0 aromatic heterocycles. The molecule has 0 unspecified atom stereocenters. The van der Waals surface area contributed by atoms with E-state index in [1.54, 1.807) is 11.5 Å². The van der Waals surface area contributed by atoms with E-state index in [9.17, 15) is 23.2 Å². The van der Waals surface area contributed by atoms with Crippen molar-refractivity contribution in [3.8, 4) is 6.07 Å². The molecule has 1 atom stereocenters. The molecule has 12 heteroatoms. The van der Waals surface area contributed by atoms with Crippen molar-refractivity contribution in [2.45, 2.75) is 57.4 Å². The number of hydroxylamine groups is 1. The molecular formula is C27H39N5O6S. The van der Waals surface area contributed by atoms with Gasteiger partial charge in [0.25, 0.3) is 5.91 Å². The number of carbonyl (C=O) groups excluding carboxylic acids is 2. The number of likely N-dealkylation sites (tertiary alicyclic amines) is 2. The number of hydrogen-bond donors (Lipinski definition) is 2. The van der Waals surface area contributed by atoms with Crippen LogP contribution < -0.4 is 5.48 Å². The van der Waals surface area contributed by atoms with E-state index in [1.807, 2.05) is 26.1 Å². The quantitative estimate of drug-likeness (QED) is 0.381. The summed E-state index contributed by atoms with van der Waals surface area (Å²) in [5.74, 6) is -0.977. The second-order valence-electron chi connectivity index (χ2n) is 11.2. The number of sulfonamides is 1. The standard InChI is InChI=1S/C27H39N5O6S/c1-20-16-21(17-28)5-6-24(20)22-7-12-32(13-8-22)39(36,37)19-27(25(33)29-35)9-14-31(15-10-27)26(34)38-18-23-4-3-11-30(23)2/h5-6,16,22-23,35H,3-4,7-15,18-19H2,1-2H3,(H,29,33)/t23-/m1/s1. The van der Waals surface area contributed by atoms with Crippen LogP contribution in [0.1, 0.15) is 61.1 Å². The summed E-state index contributed by atoms with van der Waals surface area (Å²) >= 11 is 0. The lowest BCUT2D eigenvalue weighted by Crippen LogP contribution is -2.54. The minimum absolute atomic E-state index is 0.109. The van der Waals surface area contributed by atoms with Gasteiger partial charge in [-0.15, -0.1) is 0 Å². The smallest absolute Gasteiger partial charge is 0.409 e. The van der Waals surface area contributed by atoms with Gasteiger partial charge in [-0.2, -0.15) is 5.26 Å². The van der Waals surface area contributed by atoms with Gasteiger partial charge in [0.1, 0.15) is 6.61 Å². The maximum Gasteiger partial charge on any atom is 0.409 e. The highest BCUT2D eigenvalue weighted by atomic mass is 32.2. The monoisotopic (exact) mass is 561 g/mol. The summed E-state index contributed by atoms with van der Waals surface area (Å²) in [6.07, 6.45) is 3.09. The Morgan fingerprint density at radius 2 is 1.85 bits per heavy atom. The fraction of sp³-hybridized carbons (Fsp3) is 0.667. The van der Waals surface area contributed by atoms with E-state index in [2.05, 4.69) is 11.0 Å². The zero-order valence-corrected chi connectivity index (χ0v) is 23.6. The van der Waals surface area contributed by atoms with Crippen molar-refractivity contribution in [1.29, 1.82) is 5.26 Å². The molecule has 0 bridgehead atoms. The number of nitriles is 1. The number of nitrogens with zero attached hydrogens (tertiary/aromatic N) is 4. The third-order valence-corrected chi connectivity index (χ3v) is 10.8. The highest BCUT2D eigenvalue weighted by Gasteiger charge is 2.47. The average molecular weight is 562 g/mol. The first kappa shape index (κ1) is 29.3. The Bertz CT molecular complexity index is 1200. The molecule has 3 heterocycles. The van der Waals surface area contributed by atoms with Crippen LogP contribution in [0.15, 0.2) is 18.2 Å². The molecule has 0 spiro atoms. The topological polar surface area (TPSA) is 143 Å². The molecule has 2 amide bonds. The van der Waals surface area contributed by atoms with Crippen LogP contribution in [0.4, 0.5) is 4.79 Å². The van der Waals surface area contributed by atoms with Gasteiger partial charge in [0.15, 0.2) is 0 Å². The Morgan fingerprint density at radius 3 is 2.41 bits per heavy atom. The van der Waals surface area contributed by atoms with Gasteiger partial charge in [-0.05, 0) is 88.2 Å². The van der Waals surface area contributed by atoms with Crippen molar-refractivity contribution in [2.75, 3.05) is 52.1 Å². The van der Waals surface area contributed by atoms with Gasteiger partial charge in [0.2, 0.25) is 10.0 Å². The number of carbonyl (C=O) groups is 2. The zero-order chi connectivity index (χ0) is 28.2. The molecule has 39 heavy (non-hydrogen) atoms. The van der Waals surface area contributed by atoms with Crippen molar-refractivity contribution in [3.63, 3.8) is 0 Å². The lowest BCUT2D eigenvalue weighted by atomic mass is 9.79. The van der Waals surface area contributed by atoms with Crippen LogP contribution in [0.2, 0.25) is 0 Å². The summed E-state index contributed by atoms with van der Waals surface area (Å²) in [5, 5.41) is 18.6. The van der Waals surface area contributed by atoms with Crippen molar-refractivity contribution >= 4 is 22.0 Å². The third-order valence-electron chi connectivity index (χ3n) is 8.78. The van der Waals surface area contributed by atoms with Gasteiger partial charge in [0.05, 0.1) is 22.8 Å². The largest absolute Gasteiger partial charge is 0.448 e. The number of benzene rings is 1. The average Bonchev–Trinajstić information content (AvgIpc) is 3.35. The summed E-state index contributed by atoms with van der Waals surface area (Å²) in [5.41, 5.74) is 3.08. The summed E-state index contributed by atoms with van der Waals surface area (Å²) < 4.78 is 33.9. The van der Waals surface area contributed by atoms with Crippen molar-refractivity contribution in [1.82, 2.24) is 19.6 Å². The second kappa shape index (κ2) is 12.2. The second-order valence-corrected chi connectivity index (χ2v) is 13.1. The molecule has 0 radical (unpaired) electrons. The number of aryl methyl sites for hydroxylation is 1. The third kappa shape index (κ3) is 6.54. The van der Waals surface area contributed by atoms with Crippen LogP contribution in [0.3, 0.4) is 0 Å². The normalized spacial score (nSPS) is 22.8. The van der Waals surface area contributed by atoms with Gasteiger partial charge < -0.3 is 14.5 Å². The molecule has 3 fully saturated rings. The number of amides is 2. The summed E-state index contributed by atoms with van der Waals surface area (Å²) in [6.45, 7) is 4.25. The fourth-order valence-corrected chi connectivity index (χ4v) is 8.28. The van der Waals surface area contributed by atoms with Crippen LogP contribution in [0.5, 0.6) is 0 Å². The number of rotatable bonds is 7. The van der Waals surface area contributed by atoms with E-state index in [1.165, 1.54) is 9.21 Å². The number of ether oxygens (including phenoxy) is 1. The summed E-state index contributed by atoms with van der Waals surface area (Å²) in [4.78, 5) is 29.1. The van der Waals surface area contributed by atoms with Gasteiger partial charge in [0, 0.05) is 32.2 Å². The number of hydrogen-bond acceptors (Lipinski definition) is 8. The summed E-state index contributed by atoms with van der Waals surface area (Å²) in [7, 11) is -1.80. The molecule has 1 aromatic carbocycles. The summed E-state index contributed by atoms with van der Waals surface area (Å²) in [6, 6.07) is 7.94. The van der Waals surface area contributed by atoms with Crippen LogP contribution in [0, 0.1) is 23.7 Å². The zero-order valence-electron chi connectivity index (χ0n) is 22.8. The van der Waals surface area contributed by atoms with Crippen molar-refractivity contribution in [3.05, 3.63) is 34.9 Å². The van der Waals surface area contributed by atoms with Crippen LogP contribution in [0.25, 0.3) is 0 Å². The van der Waals surface area contributed by atoms with E-state index in [0.717, 1.165) is 30.5 Å². The fourth-order valence-electron chi connectivity index (χ4n) is 6.21. The Labute approximate surface area is 230 Å². The molecule has 214 valence electrons. The van der Waals surface area contributed by atoms with Crippen LogP contribution >= 0.6 is 0 Å². The molecule has 3 aliphatic rings. The van der Waals surface area contributed by atoms with Gasteiger partial charge >= 0.3 is 6.09 Å². The molecular weight excluding hydrogens is 522 g/mol. The minimum Gasteiger partial charge on any atom is -0.448 e. The highest BCUT2D eigenvalue weighted by molar-refractivity contribution is 7.89. The van der Waals surface area contributed by atoms with Crippen LogP contribution in [-0.2, 0) is 19.6 Å². The van der Waals surface area contributed by atoms with E-state index in [0.29, 0.717) is 38.1 Å². The highest BCUT2D eigenvalue weighted by Crippen LogP contribution is 2.37. The Morgan fingerprint density at radius 1 is 1.15 bits per heavy atom. The molecule has 4 rings (SSSR count). The molecule has 0 aliphatic carbocycles. The maximum atomic E-state index is 13.5. The lowest BCUT2D eigenvalue weighted by Gasteiger charge is -2.41. The molecule has 11 nitrogen and oxygen atoms in total. The molecule has 2 N–H and O–H groups in total. The van der Waals surface area contributed by atoms with Crippen LogP contribution in [-0.4, -0.2) is 97.9 Å². The molecule has 1 aromatic rings. The molecule has 3 saturated heterocycles.